The Hall–Kier alpha value is -3.01. The van der Waals surface area contributed by atoms with Gasteiger partial charge in [-0.1, -0.05) is 36.4 Å². The summed E-state index contributed by atoms with van der Waals surface area (Å²) in [5, 5.41) is 0. The quantitative estimate of drug-likeness (QED) is 0.651. The van der Waals surface area contributed by atoms with Crippen molar-refractivity contribution in [3.63, 3.8) is 0 Å². The number of carbonyl (C=O) groups is 1. The highest BCUT2D eigenvalue weighted by Crippen LogP contribution is 2.12. The Kier molecular flexibility index (Phi) is 6.09. The van der Waals surface area contributed by atoms with Crippen molar-refractivity contribution >= 4 is 5.91 Å². The first kappa shape index (κ1) is 17.8. The molecular weight excluding hydrogens is 322 g/mol. The molecule has 0 fully saturated rings. The lowest BCUT2D eigenvalue weighted by molar-refractivity contribution is -0.132. The number of hydrogen-bond donors (Lipinski definition) is 0. The monoisotopic (exact) mass is 345 g/mol. The zero-order chi connectivity index (χ0) is 18.2. The van der Waals surface area contributed by atoms with Crippen LogP contribution in [-0.2, 0) is 24.3 Å². The van der Waals surface area contributed by atoms with Gasteiger partial charge in [-0.3, -0.25) is 14.8 Å². The van der Waals surface area contributed by atoms with E-state index in [1.165, 1.54) is 0 Å². The molecule has 4 nitrogen and oxygen atoms in total. The van der Waals surface area contributed by atoms with E-state index in [1.54, 1.807) is 12.4 Å². The molecule has 1 aromatic carbocycles. The summed E-state index contributed by atoms with van der Waals surface area (Å²) >= 11 is 0. The number of benzene rings is 1. The molecule has 0 saturated heterocycles. The van der Waals surface area contributed by atoms with Gasteiger partial charge in [0.2, 0.25) is 5.91 Å². The molecule has 0 aliphatic heterocycles. The molecular formula is C22H23N3O. The smallest absolute Gasteiger partial charge is 0.223 e. The topological polar surface area (TPSA) is 46.1 Å². The second kappa shape index (κ2) is 8.90. The first-order valence-corrected chi connectivity index (χ1v) is 8.84. The predicted molar refractivity (Wildman–Crippen MR) is 102 cm³/mol. The summed E-state index contributed by atoms with van der Waals surface area (Å²) in [6.45, 7) is 3.08. The maximum absolute atomic E-state index is 12.9. The molecule has 0 radical (unpaired) electrons. The van der Waals surface area contributed by atoms with E-state index in [0.29, 0.717) is 25.9 Å². The first-order valence-electron chi connectivity index (χ1n) is 8.84. The second-order valence-corrected chi connectivity index (χ2v) is 6.36. The van der Waals surface area contributed by atoms with E-state index >= 15 is 0 Å². The van der Waals surface area contributed by atoms with Crippen LogP contribution in [0.25, 0.3) is 0 Å². The van der Waals surface area contributed by atoms with Gasteiger partial charge < -0.3 is 4.90 Å². The summed E-state index contributed by atoms with van der Waals surface area (Å²) in [6.07, 6.45) is 4.72. The van der Waals surface area contributed by atoms with E-state index in [0.717, 1.165) is 22.5 Å². The van der Waals surface area contributed by atoms with Gasteiger partial charge in [0, 0.05) is 31.1 Å². The van der Waals surface area contributed by atoms with Crippen molar-refractivity contribution in [1.82, 2.24) is 14.9 Å². The summed E-state index contributed by atoms with van der Waals surface area (Å²) in [5.41, 5.74) is 4.13. The number of nitrogens with zero attached hydrogens (tertiary/aromatic N) is 3. The minimum atomic E-state index is 0.133. The highest BCUT2D eigenvalue weighted by atomic mass is 16.2. The van der Waals surface area contributed by atoms with E-state index in [2.05, 4.69) is 9.97 Å². The van der Waals surface area contributed by atoms with Crippen molar-refractivity contribution in [3.05, 3.63) is 95.6 Å². The molecule has 26 heavy (non-hydrogen) atoms. The van der Waals surface area contributed by atoms with Gasteiger partial charge in [-0.05, 0) is 48.7 Å². The van der Waals surface area contributed by atoms with Gasteiger partial charge in [-0.15, -0.1) is 0 Å². The molecule has 3 aromatic rings. The molecule has 0 aliphatic carbocycles. The van der Waals surface area contributed by atoms with Gasteiger partial charge in [0.15, 0.2) is 0 Å². The van der Waals surface area contributed by atoms with Crippen LogP contribution in [0.1, 0.15) is 28.9 Å². The minimum Gasteiger partial charge on any atom is -0.332 e. The van der Waals surface area contributed by atoms with E-state index in [1.807, 2.05) is 72.5 Å². The molecule has 0 aliphatic rings. The van der Waals surface area contributed by atoms with Crippen LogP contribution >= 0.6 is 0 Å². The zero-order valence-corrected chi connectivity index (χ0v) is 15.0. The zero-order valence-electron chi connectivity index (χ0n) is 15.0. The fourth-order valence-corrected chi connectivity index (χ4v) is 2.88. The maximum atomic E-state index is 12.9. The van der Waals surface area contributed by atoms with Gasteiger partial charge in [0.25, 0.3) is 0 Å². The van der Waals surface area contributed by atoms with Crippen LogP contribution in [0, 0.1) is 6.92 Å². The van der Waals surface area contributed by atoms with Gasteiger partial charge in [0.1, 0.15) is 0 Å². The Labute approximate surface area is 154 Å². The molecule has 0 saturated carbocycles. The van der Waals surface area contributed by atoms with Crippen molar-refractivity contribution in [2.45, 2.75) is 32.9 Å². The highest BCUT2D eigenvalue weighted by Gasteiger charge is 2.15. The molecule has 132 valence electrons. The number of amides is 1. The van der Waals surface area contributed by atoms with Crippen molar-refractivity contribution in [3.8, 4) is 0 Å². The van der Waals surface area contributed by atoms with E-state index in [4.69, 9.17) is 0 Å². The Bertz CT molecular complexity index is 834. The lowest BCUT2D eigenvalue weighted by Gasteiger charge is -2.23. The highest BCUT2D eigenvalue weighted by molar-refractivity contribution is 5.76. The molecule has 3 rings (SSSR count). The lowest BCUT2D eigenvalue weighted by Crippen LogP contribution is -2.30. The predicted octanol–water partition coefficient (Wildman–Crippen LogP) is 3.95. The number of hydrogen-bond acceptors (Lipinski definition) is 3. The van der Waals surface area contributed by atoms with Crippen molar-refractivity contribution in [1.29, 1.82) is 0 Å². The fourth-order valence-electron chi connectivity index (χ4n) is 2.88. The van der Waals surface area contributed by atoms with Crippen LogP contribution < -0.4 is 0 Å². The molecule has 0 N–H and O–H groups in total. The van der Waals surface area contributed by atoms with Gasteiger partial charge >= 0.3 is 0 Å². The SMILES string of the molecule is Cc1cccc(CN(Cc2ccccc2)C(=O)CCc2ccncc2)n1. The third kappa shape index (κ3) is 5.24. The van der Waals surface area contributed by atoms with Gasteiger partial charge in [-0.2, -0.15) is 0 Å². The van der Waals surface area contributed by atoms with Gasteiger partial charge in [-0.25, -0.2) is 0 Å². The summed E-state index contributed by atoms with van der Waals surface area (Å²) in [4.78, 5) is 23.4. The summed E-state index contributed by atoms with van der Waals surface area (Å²) in [6, 6.07) is 19.9. The van der Waals surface area contributed by atoms with Gasteiger partial charge in [0.05, 0.1) is 12.2 Å². The Morgan fingerprint density at radius 2 is 1.65 bits per heavy atom. The van der Waals surface area contributed by atoms with Crippen LogP contribution in [0.5, 0.6) is 0 Å². The van der Waals surface area contributed by atoms with Crippen LogP contribution in [-0.4, -0.2) is 20.8 Å². The molecule has 1 amide bonds. The number of pyridine rings is 2. The number of aromatic nitrogens is 2. The Balaban J connectivity index is 1.71. The standard InChI is InChI=1S/C22H23N3O/c1-18-6-5-9-21(24-18)17-25(16-20-7-3-2-4-8-20)22(26)11-10-19-12-14-23-15-13-19/h2-9,12-15H,10-11,16-17H2,1H3. The minimum absolute atomic E-state index is 0.133. The fraction of sp³-hybridized carbons (Fsp3) is 0.227. The van der Waals surface area contributed by atoms with Crippen LogP contribution in [0.4, 0.5) is 0 Å². The number of rotatable bonds is 7. The van der Waals surface area contributed by atoms with Crippen molar-refractivity contribution in [2.24, 2.45) is 0 Å². The van der Waals surface area contributed by atoms with Crippen molar-refractivity contribution in [2.75, 3.05) is 0 Å². The molecule has 0 unspecified atom stereocenters. The third-order valence-electron chi connectivity index (χ3n) is 4.24. The van der Waals surface area contributed by atoms with Crippen molar-refractivity contribution < 1.29 is 4.79 Å². The van der Waals surface area contributed by atoms with E-state index < -0.39 is 0 Å². The molecule has 0 bridgehead atoms. The summed E-state index contributed by atoms with van der Waals surface area (Å²) in [7, 11) is 0. The van der Waals surface area contributed by atoms with Crippen LogP contribution in [0.3, 0.4) is 0 Å². The normalized spacial score (nSPS) is 10.5. The summed E-state index contributed by atoms with van der Waals surface area (Å²) < 4.78 is 0. The molecule has 0 atom stereocenters. The Morgan fingerprint density at radius 1 is 0.885 bits per heavy atom. The van der Waals surface area contributed by atoms with E-state index in [9.17, 15) is 4.79 Å². The molecule has 0 spiro atoms. The average Bonchev–Trinajstić information content (AvgIpc) is 2.67. The average molecular weight is 345 g/mol. The molecule has 2 aromatic heterocycles. The maximum Gasteiger partial charge on any atom is 0.223 e. The largest absolute Gasteiger partial charge is 0.332 e. The Morgan fingerprint density at radius 3 is 2.38 bits per heavy atom. The van der Waals surface area contributed by atoms with Crippen LogP contribution in [0.15, 0.2) is 73.1 Å². The van der Waals surface area contributed by atoms with Crippen LogP contribution in [0.2, 0.25) is 0 Å². The number of aryl methyl sites for hydroxylation is 2. The second-order valence-electron chi connectivity index (χ2n) is 6.36. The summed E-state index contributed by atoms with van der Waals surface area (Å²) in [5.74, 6) is 0.133. The van der Waals surface area contributed by atoms with E-state index in [-0.39, 0.29) is 5.91 Å². The third-order valence-corrected chi connectivity index (χ3v) is 4.24. The lowest BCUT2D eigenvalue weighted by atomic mass is 10.1. The molecule has 4 heteroatoms. The number of carbonyl (C=O) groups excluding carboxylic acids is 1. The first-order chi connectivity index (χ1) is 12.7. The molecule has 2 heterocycles.